The summed E-state index contributed by atoms with van der Waals surface area (Å²) in [5.74, 6) is 0.629. The van der Waals surface area contributed by atoms with Gasteiger partial charge in [-0.05, 0) is 18.9 Å². The van der Waals surface area contributed by atoms with Crippen molar-refractivity contribution in [3.63, 3.8) is 0 Å². The minimum Gasteiger partial charge on any atom is -0.396 e. The van der Waals surface area contributed by atoms with Crippen LogP contribution in [0.1, 0.15) is 19.8 Å². The Kier molecular flexibility index (Phi) is 3.88. The number of nitrogens with zero attached hydrogens (tertiary/aromatic N) is 2. The molecule has 0 bridgehead atoms. The first-order valence-electron chi connectivity index (χ1n) is 5.92. The third-order valence-corrected chi connectivity index (χ3v) is 2.79. The van der Waals surface area contributed by atoms with Gasteiger partial charge in [-0.1, -0.05) is 25.1 Å². The zero-order valence-corrected chi connectivity index (χ0v) is 9.93. The first-order valence-corrected chi connectivity index (χ1v) is 5.92. The molecule has 0 aliphatic carbocycles. The molecule has 2 rings (SSSR count). The van der Waals surface area contributed by atoms with Crippen LogP contribution in [0, 0.1) is 0 Å². The van der Waals surface area contributed by atoms with Gasteiger partial charge in [0.05, 0.1) is 5.52 Å². The van der Waals surface area contributed by atoms with Crippen molar-refractivity contribution in [3.8, 4) is 0 Å². The fraction of sp³-hybridized carbons (Fsp3) is 0.385. The van der Waals surface area contributed by atoms with Gasteiger partial charge in [-0.25, -0.2) is 9.97 Å². The van der Waals surface area contributed by atoms with E-state index in [-0.39, 0.29) is 12.6 Å². The lowest BCUT2D eigenvalue weighted by Gasteiger charge is -2.15. The Labute approximate surface area is 101 Å². The summed E-state index contributed by atoms with van der Waals surface area (Å²) in [7, 11) is 0. The average molecular weight is 231 g/mol. The van der Waals surface area contributed by atoms with Crippen LogP contribution in [0.2, 0.25) is 0 Å². The summed E-state index contributed by atoms with van der Waals surface area (Å²) < 4.78 is 0. The summed E-state index contributed by atoms with van der Waals surface area (Å²) in [6.45, 7) is 2.26. The fourth-order valence-electron chi connectivity index (χ4n) is 1.76. The normalized spacial score (nSPS) is 12.6. The van der Waals surface area contributed by atoms with Crippen molar-refractivity contribution in [1.82, 2.24) is 9.97 Å². The van der Waals surface area contributed by atoms with Crippen molar-refractivity contribution in [2.45, 2.75) is 25.8 Å². The molecule has 0 aliphatic rings. The fourth-order valence-corrected chi connectivity index (χ4v) is 1.76. The van der Waals surface area contributed by atoms with E-state index in [4.69, 9.17) is 5.11 Å². The zero-order valence-electron chi connectivity index (χ0n) is 9.93. The van der Waals surface area contributed by atoms with E-state index < -0.39 is 0 Å². The summed E-state index contributed by atoms with van der Waals surface area (Å²) in [5.41, 5.74) is 0.934. The molecule has 90 valence electrons. The SMILES string of the molecule is CCC(CCO)Nc1ncc2ccccc2n1. The van der Waals surface area contributed by atoms with E-state index in [0.29, 0.717) is 12.4 Å². The molecule has 4 nitrogen and oxygen atoms in total. The molecular formula is C13H17N3O. The second-order valence-corrected chi connectivity index (χ2v) is 4.01. The summed E-state index contributed by atoms with van der Waals surface area (Å²) >= 11 is 0. The molecule has 0 saturated carbocycles. The number of nitrogens with one attached hydrogen (secondary N) is 1. The van der Waals surface area contributed by atoms with Crippen LogP contribution in [0.4, 0.5) is 5.95 Å². The number of fused-ring (bicyclic) bond motifs is 1. The van der Waals surface area contributed by atoms with Gasteiger partial charge in [0.15, 0.2) is 0 Å². The molecule has 1 aromatic heterocycles. The molecule has 1 unspecified atom stereocenters. The number of aromatic nitrogens is 2. The van der Waals surface area contributed by atoms with Gasteiger partial charge < -0.3 is 10.4 Å². The predicted octanol–water partition coefficient (Wildman–Crippen LogP) is 2.20. The van der Waals surface area contributed by atoms with Crippen LogP contribution in [-0.4, -0.2) is 27.7 Å². The maximum atomic E-state index is 8.94. The smallest absolute Gasteiger partial charge is 0.223 e. The van der Waals surface area contributed by atoms with Crippen LogP contribution in [0.5, 0.6) is 0 Å². The molecule has 0 aliphatic heterocycles. The number of rotatable bonds is 5. The molecule has 1 aromatic carbocycles. The summed E-state index contributed by atoms with van der Waals surface area (Å²) in [6.07, 6.45) is 3.47. The second-order valence-electron chi connectivity index (χ2n) is 4.01. The lowest BCUT2D eigenvalue weighted by atomic mass is 10.1. The minimum atomic E-state index is 0.180. The molecule has 4 heteroatoms. The number of hydrogen-bond acceptors (Lipinski definition) is 4. The number of anilines is 1. The highest BCUT2D eigenvalue weighted by atomic mass is 16.3. The number of benzene rings is 1. The lowest BCUT2D eigenvalue weighted by Crippen LogP contribution is -2.21. The molecule has 0 saturated heterocycles. The van der Waals surface area contributed by atoms with Crippen LogP contribution in [0.25, 0.3) is 10.9 Å². The molecule has 0 spiro atoms. The van der Waals surface area contributed by atoms with Gasteiger partial charge in [-0.15, -0.1) is 0 Å². The van der Waals surface area contributed by atoms with Crippen molar-refractivity contribution in [2.75, 3.05) is 11.9 Å². The third-order valence-electron chi connectivity index (χ3n) is 2.79. The van der Waals surface area contributed by atoms with Gasteiger partial charge in [0, 0.05) is 24.2 Å². The van der Waals surface area contributed by atoms with Crippen molar-refractivity contribution < 1.29 is 5.11 Å². The van der Waals surface area contributed by atoms with Crippen LogP contribution in [0.15, 0.2) is 30.5 Å². The third kappa shape index (κ3) is 2.91. The highest BCUT2D eigenvalue weighted by molar-refractivity contribution is 5.78. The molecular weight excluding hydrogens is 214 g/mol. The Morgan fingerprint density at radius 2 is 2.18 bits per heavy atom. The number of aliphatic hydroxyl groups is 1. The second kappa shape index (κ2) is 5.59. The maximum Gasteiger partial charge on any atom is 0.223 e. The van der Waals surface area contributed by atoms with Crippen molar-refractivity contribution in [3.05, 3.63) is 30.5 Å². The molecule has 2 N–H and O–H groups in total. The van der Waals surface area contributed by atoms with Crippen molar-refractivity contribution in [2.24, 2.45) is 0 Å². The highest BCUT2D eigenvalue weighted by Crippen LogP contribution is 2.13. The van der Waals surface area contributed by atoms with E-state index in [1.807, 2.05) is 30.5 Å². The van der Waals surface area contributed by atoms with E-state index in [9.17, 15) is 0 Å². The molecule has 0 amide bonds. The van der Waals surface area contributed by atoms with E-state index >= 15 is 0 Å². The Morgan fingerprint density at radius 1 is 1.35 bits per heavy atom. The maximum absolute atomic E-state index is 8.94. The van der Waals surface area contributed by atoms with Crippen LogP contribution in [-0.2, 0) is 0 Å². The zero-order chi connectivity index (χ0) is 12.1. The standard InChI is InChI=1S/C13H17N3O/c1-2-11(7-8-17)15-13-14-9-10-5-3-4-6-12(10)16-13/h3-6,9,11,17H,2,7-8H2,1H3,(H,14,15,16). The van der Waals surface area contributed by atoms with Gasteiger partial charge in [-0.2, -0.15) is 0 Å². The quantitative estimate of drug-likeness (QED) is 0.828. The predicted molar refractivity (Wildman–Crippen MR) is 68.9 cm³/mol. The van der Waals surface area contributed by atoms with E-state index in [0.717, 1.165) is 17.3 Å². The molecule has 0 fully saturated rings. The first kappa shape index (κ1) is 11.8. The van der Waals surface area contributed by atoms with Gasteiger partial charge in [-0.3, -0.25) is 0 Å². The van der Waals surface area contributed by atoms with Crippen molar-refractivity contribution >= 4 is 16.9 Å². The van der Waals surface area contributed by atoms with Crippen LogP contribution < -0.4 is 5.32 Å². The largest absolute Gasteiger partial charge is 0.396 e. The molecule has 17 heavy (non-hydrogen) atoms. The van der Waals surface area contributed by atoms with Gasteiger partial charge in [0.25, 0.3) is 0 Å². The van der Waals surface area contributed by atoms with Gasteiger partial charge in [0.2, 0.25) is 5.95 Å². The Balaban J connectivity index is 2.18. The number of aliphatic hydroxyl groups excluding tert-OH is 1. The molecule has 1 atom stereocenters. The molecule has 2 aromatic rings. The number of hydrogen-bond donors (Lipinski definition) is 2. The van der Waals surface area contributed by atoms with Gasteiger partial charge >= 0.3 is 0 Å². The van der Waals surface area contributed by atoms with E-state index in [1.54, 1.807) is 0 Å². The van der Waals surface area contributed by atoms with Crippen LogP contribution in [0.3, 0.4) is 0 Å². The summed E-state index contributed by atoms with van der Waals surface area (Å²) in [6, 6.07) is 8.12. The van der Waals surface area contributed by atoms with Gasteiger partial charge in [0.1, 0.15) is 0 Å². The van der Waals surface area contributed by atoms with Crippen LogP contribution >= 0.6 is 0 Å². The van der Waals surface area contributed by atoms with E-state index in [2.05, 4.69) is 22.2 Å². The topological polar surface area (TPSA) is 58.0 Å². The number of para-hydroxylation sites is 1. The Hall–Kier alpha value is -1.68. The van der Waals surface area contributed by atoms with E-state index in [1.165, 1.54) is 0 Å². The average Bonchev–Trinajstić information content (AvgIpc) is 2.38. The Bertz CT molecular complexity index is 487. The van der Waals surface area contributed by atoms with Crippen molar-refractivity contribution in [1.29, 1.82) is 0 Å². The molecule has 1 heterocycles. The first-order chi connectivity index (χ1) is 8.33. The monoisotopic (exact) mass is 231 g/mol. The summed E-state index contributed by atoms with van der Waals surface area (Å²) in [5, 5.41) is 13.2. The Morgan fingerprint density at radius 3 is 2.94 bits per heavy atom. The minimum absolute atomic E-state index is 0.180. The molecule has 0 radical (unpaired) electrons. The summed E-state index contributed by atoms with van der Waals surface area (Å²) in [4.78, 5) is 8.71. The highest BCUT2D eigenvalue weighted by Gasteiger charge is 2.07. The lowest BCUT2D eigenvalue weighted by molar-refractivity contribution is 0.278.